The normalized spacial score (nSPS) is 11.1. The van der Waals surface area contributed by atoms with Crippen molar-refractivity contribution in [1.82, 2.24) is 0 Å². The molecule has 0 saturated carbocycles. The van der Waals surface area contributed by atoms with E-state index >= 15 is 0 Å². The summed E-state index contributed by atoms with van der Waals surface area (Å²) in [5.74, 6) is 1.83. The molecule has 2 aromatic carbocycles. The Labute approximate surface area is 154 Å². The molecular weight excluding hydrogens is 328 g/mol. The molecule has 0 spiro atoms. The first kappa shape index (κ1) is 17.6. The Morgan fingerprint density at radius 3 is 1.24 bits per heavy atom. The molecule has 3 heteroatoms. The van der Waals surface area contributed by atoms with E-state index in [9.17, 15) is 0 Å². The van der Waals surface area contributed by atoms with Crippen molar-refractivity contribution in [3.8, 4) is 32.4 Å². The fourth-order valence-corrected chi connectivity index (χ4v) is 3.61. The Morgan fingerprint density at radius 1 is 0.560 bits per heavy atom. The highest BCUT2D eigenvalue weighted by atomic mass is 32.1. The minimum absolute atomic E-state index is 0.196. The van der Waals surface area contributed by atoms with Gasteiger partial charge < -0.3 is 9.47 Å². The van der Waals surface area contributed by atoms with E-state index < -0.39 is 0 Å². The van der Waals surface area contributed by atoms with Crippen LogP contribution in [0.25, 0.3) is 20.9 Å². The standard InChI is InChI=1S/C22H24O2S/c1-15(2)23-19-9-5-17(6-10-19)21-13-14-22(25-21)18-7-11-20(12-8-18)24-16(3)4/h5-16H,1-4H3. The predicted molar refractivity (Wildman–Crippen MR) is 107 cm³/mol. The molecule has 0 bridgehead atoms. The van der Waals surface area contributed by atoms with Crippen LogP contribution >= 0.6 is 11.3 Å². The number of benzene rings is 2. The van der Waals surface area contributed by atoms with Gasteiger partial charge in [-0.15, -0.1) is 11.3 Å². The summed E-state index contributed by atoms with van der Waals surface area (Å²) in [4.78, 5) is 2.52. The van der Waals surface area contributed by atoms with Gasteiger partial charge in [-0.05, 0) is 99.5 Å². The van der Waals surface area contributed by atoms with Crippen LogP contribution in [0.5, 0.6) is 11.5 Å². The molecule has 0 radical (unpaired) electrons. The summed E-state index contributed by atoms with van der Waals surface area (Å²) < 4.78 is 11.4. The van der Waals surface area contributed by atoms with E-state index in [1.54, 1.807) is 11.3 Å². The molecule has 0 saturated heterocycles. The van der Waals surface area contributed by atoms with Crippen molar-refractivity contribution < 1.29 is 9.47 Å². The SMILES string of the molecule is CC(C)Oc1ccc(-c2ccc(-c3ccc(OC(C)C)cc3)s2)cc1. The number of hydrogen-bond donors (Lipinski definition) is 0. The quantitative estimate of drug-likeness (QED) is 0.494. The molecular formula is C22H24O2S. The summed E-state index contributed by atoms with van der Waals surface area (Å²) in [6.45, 7) is 8.15. The maximum atomic E-state index is 5.71. The zero-order valence-corrected chi connectivity index (χ0v) is 16.0. The Bertz CT molecular complexity index is 731. The van der Waals surface area contributed by atoms with Gasteiger partial charge in [-0.2, -0.15) is 0 Å². The molecule has 3 aromatic rings. The number of ether oxygens (including phenoxy) is 2. The molecule has 0 aliphatic rings. The second-order valence-electron chi connectivity index (χ2n) is 6.55. The van der Waals surface area contributed by atoms with E-state index in [1.165, 1.54) is 20.9 Å². The highest BCUT2D eigenvalue weighted by Gasteiger charge is 2.07. The van der Waals surface area contributed by atoms with Crippen molar-refractivity contribution in [2.75, 3.05) is 0 Å². The summed E-state index contributed by atoms with van der Waals surface area (Å²) in [6, 6.07) is 21.0. The summed E-state index contributed by atoms with van der Waals surface area (Å²) in [5, 5.41) is 0. The van der Waals surface area contributed by atoms with Crippen LogP contribution < -0.4 is 9.47 Å². The molecule has 1 aromatic heterocycles. The lowest BCUT2D eigenvalue weighted by atomic mass is 10.1. The van der Waals surface area contributed by atoms with Crippen LogP contribution in [0.1, 0.15) is 27.7 Å². The molecule has 25 heavy (non-hydrogen) atoms. The maximum Gasteiger partial charge on any atom is 0.119 e. The largest absolute Gasteiger partial charge is 0.491 e. The van der Waals surface area contributed by atoms with Gasteiger partial charge >= 0.3 is 0 Å². The van der Waals surface area contributed by atoms with Gasteiger partial charge in [0.1, 0.15) is 11.5 Å². The molecule has 0 atom stereocenters. The van der Waals surface area contributed by atoms with Gasteiger partial charge in [0.15, 0.2) is 0 Å². The third-order valence-electron chi connectivity index (χ3n) is 3.63. The minimum atomic E-state index is 0.196. The molecule has 0 unspecified atom stereocenters. The number of hydrogen-bond acceptors (Lipinski definition) is 3. The van der Waals surface area contributed by atoms with E-state index in [-0.39, 0.29) is 12.2 Å². The lowest BCUT2D eigenvalue weighted by Crippen LogP contribution is -2.04. The second-order valence-corrected chi connectivity index (χ2v) is 7.63. The van der Waals surface area contributed by atoms with E-state index in [1.807, 2.05) is 52.0 Å². The van der Waals surface area contributed by atoms with Crippen LogP contribution in [-0.2, 0) is 0 Å². The predicted octanol–water partition coefficient (Wildman–Crippen LogP) is 6.66. The first-order valence-electron chi connectivity index (χ1n) is 8.65. The molecule has 0 amide bonds. The van der Waals surface area contributed by atoms with Crippen molar-refractivity contribution >= 4 is 11.3 Å². The first-order chi connectivity index (χ1) is 12.0. The molecule has 0 aliphatic carbocycles. The van der Waals surface area contributed by atoms with Gasteiger partial charge in [0.2, 0.25) is 0 Å². The smallest absolute Gasteiger partial charge is 0.119 e. The van der Waals surface area contributed by atoms with Gasteiger partial charge in [0.25, 0.3) is 0 Å². The zero-order chi connectivity index (χ0) is 17.8. The number of rotatable bonds is 6. The van der Waals surface area contributed by atoms with Crippen LogP contribution in [0.2, 0.25) is 0 Å². The molecule has 2 nitrogen and oxygen atoms in total. The molecule has 3 rings (SSSR count). The average Bonchev–Trinajstić information content (AvgIpc) is 3.05. The minimum Gasteiger partial charge on any atom is -0.491 e. The fraction of sp³-hybridized carbons (Fsp3) is 0.273. The summed E-state index contributed by atoms with van der Waals surface area (Å²) >= 11 is 1.80. The van der Waals surface area contributed by atoms with Gasteiger partial charge in [-0.1, -0.05) is 0 Å². The van der Waals surface area contributed by atoms with Crippen molar-refractivity contribution in [2.45, 2.75) is 39.9 Å². The Balaban J connectivity index is 1.75. The summed E-state index contributed by atoms with van der Waals surface area (Å²) in [7, 11) is 0. The fourth-order valence-electron chi connectivity index (χ4n) is 2.59. The highest BCUT2D eigenvalue weighted by Crippen LogP contribution is 2.35. The van der Waals surface area contributed by atoms with Crippen molar-refractivity contribution in [2.24, 2.45) is 0 Å². The molecule has 130 valence electrons. The van der Waals surface area contributed by atoms with E-state index in [0.29, 0.717) is 0 Å². The van der Waals surface area contributed by atoms with Crippen LogP contribution in [0.15, 0.2) is 60.7 Å². The lowest BCUT2D eigenvalue weighted by Gasteiger charge is -2.10. The number of thiophene rings is 1. The van der Waals surface area contributed by atoms with Crippen LogP contribution in [0, 0.1) is 0 Å². The van der Waals surface area contributed by atoms with Crippen LogP contribution in [-0.4, -0.2) is 12.2 Å². The molecule has 1 heterocycles. The third-order valence-corrected chi connectivity index (χ3v) is 4.81. The maximum absolute atomic E-state index is 5.71. The third kappa shape index (κ3) is 4.64. The molecule has 0 fully saturated rings. The van der Waals surface area contributed by atoms with Gasteiger partial charge in [-0.25, -0.2) is 0 Å². The average molecular weight is 352 g/mol. The topological polar surface area (TPSA) is 18.5 Å². The van der Waals surface area contributed by atoms with Gasteiger partial charge in [0, 0.05) is 9.75 Å². The van der Waals surface area contributed by atoms with Gasteiger partial charge in [0.05, 0.1) is 12.2 Å². The second kappa shape index (κ2) is 7.75. The van der Waals surface area contributed by atoms with Crippen molar-refractivity contribution in [3.05, 3.63) is 60.7 Å². The first-order valence-corrected chi connectivity index (χ1v) is 9.47. The molecule has 0 aliphatic heterocycles. The van der Waals surface area contributed by atoms with Crippen molar-refractivity contribution in [3.63, 3.8) is 0 Å². The molecule has 0 N–H and O–H groups in total. The zero-order valence-electron chi connectivity index (χ0n) is 15.2. The van der Waals surface area contributed by atoms with E-state index in [2.05, 4.69) is 36.4 Å². The Morgan fingerprint density at radius 2 is 0.920 bits per heavy atom. The Kier molecular flexibility index (Phi) is 5.44. The monoisotopic (exact) mass is 352 g/mol. The van der Waals surface area contributed by atoms with Crippen LogP contribution in [0.4, 0.5) is 0 Å². The summed E-state index contributed by atoms with van der Waals surface area (Å²) in [5.41, 5.74) is 2.43. The van der Waals surface area contributed by atoms with Crippen LogP contribution in [0.3, 0.4) is 0 Å². The Hall–Kier alpha value is -2.26. The van der Waals surface area contributed by atoms with Crippen molar-refractivity contribution in [1.29, 1.82) is 0 Å². The highest BCUT2D eigenvalue weighted by molar-refractivity contribution is 7.18. The summed E-state index contributed by atoms with van der Waals surface area (Å²) in [6.07, 6.45) is 0.392. The van der Waals surface area contributed by atoms with E-state index in [0.717, 1.165) is 11.5 Å². The van der Waals surface area contributed by atoms with E-state index in [4.69, 9.17) is 9.47 Å². The lowest BCUT2D eigenvalue weighted by molar-refractivity contribution is 0.242. The van der Waals surface area contributed by atoms with Gasteiger partial charge in [-0.3, -0.25) is 0 Å².